The largest absolute Gasteiger partial charge is 0.352 e. The average molecular weight is 339 g/mol. The van der Waals surface area contributed by atoms with Crippen LogP contribution in [0.15, 0.2) is 36.9 Å². The molecule has 25 heavy (non-hydrogen) atoms. The number of rotatable bonds is 7. The monoisotopic (exact) mass is 339 g/mol. The minimum Gasteiger partial charge on any atom is -0.352 e. The van der Waals surface area contributed by atoms with Crippen LogP contribution in [-0.2, 0) is 11.3 Å². The number of hydrogen-bond acceptors (Lipinski definition) is 5. The molecule has 3 rings (SSSR count). The van der Waals surface area contributed by atoms with Crippen LogP contribution >= 0.6 is 0 Å². The molecule has 2 heterocycles. The van der Waals surface area contributed by atoms with E-state index in [9.17, 15) is 9.59 Å². The minimum atomic E-state index is -0.156. The predicted octanol–water partition coefficient (Wildman–Crippen LogP) is 1.49. The Morgan fingerprint density at radius 2 is 1.96 bits per heavy atom. The van der Waals surface area contributed by atoms with Gasteiger partial charge in [0.05, 0.1) is 11.9 Å². The van der Waals surface area contributed by atoms with Gasteiger partial charge in [-0.1, -0.05) is 0 Å². The van der Waals surface area contributed by atoms with E-state index in [4.69, 9.17) is 0 Å². The van der Waals surface area contributed by atoms with Crippen LogP contribution in [-0.4, -0.2) is 44.3 Å². The van der Waals surface area contributed by atoms with Gasteiger partial charge in [-0.05, 0) is 37.5 Å². The number of carbonyl (C=O) groups excluding carboxylic acids is 2. The zero-order chi connectivity index (χ0) is 17.6. The third-order valence-electron chi connectivity index (χ3n) is 4.07. The summed E-state index contributed by atoms with van der Waals surface area (Å²) in [7, 11) is 0. The van der Waals surface area contributed by atoms with Gasteiger partial charge in [0.25, 0.3) is 5.91 Å². The van der Waals surface area contributed by atoms with E-state index in [1.807, 2.05) is 19.1 Å². The number of nitrogens with one attached hydrogen (secondary N) is 1. The van der Waals surface area contributed by atoms with Gasteiger partial charge >= 0.3 is 0 Å². The molecule has 0 saturated heterocycles. The lowest BCUT2D eigenvalue weighted by Gasteiger charge is -2.21. The molecule has 2 aromatic rings. The molecule has 0 aromatic carbocycles. The first-order valence-electron chi connectivity index (χ1n) is 8.38. The number of amides is 2. The number of aromatic nitrogens is 3. The molecule has 1 aliphatic rings. The van der Waals surface area contributed by atoms with Crippen molar-refractivity contribution in [3.8, 4) is 0 Å². The topological polar surface area (TPSA) is 88.1 Å². The van der Waals surface area contributed by atoms with Crippen molar-refractivity contribution in [2.75, 3.05) is 6.54 Å². The van der Waals surface area contributed by atoms with E-state index >= 15 is 0 Å². The van der Waals surface area contributed by atoms with Crippen LogP contribution in [0.3, 0.4) is 0 Å². The van der Waals surface area contributed by atoms with Gasteiger partial charge in [-0.25, -0.2) is 4.98 Å². The Kier molecular flexibility index (Phi) is 5.33. The summed E-state index contributed by atoms with van der Waals surface area (Å²) in [6.07, 6.45) is 8.69. The summed E-state index contributed by atoms with van der Waals surface area (Å²) in [5.74, 6) is -0.234. The fourth-order valence-corrected chi connectivity index (χ4v) is 2.50. The van der Waals surface area contributed by atoms with Gasteiger partial charge in [0, 0.05) is 44.1 Å². The standard InChI is InChI=1S/C18H21N5O2/c1-13-10-21-16(12-20-13)18(25)23(15-2-3-15)9-6-17(24)22-11-14-4-7-19-8-5-14/h4-5,7-8,10,12,15H,2-3,6,9,11H2,1H3,(H,22,24). The number of hydrogen-bond donors (Lipinski definition) is 1. The van der Waals surface area contributed by atoms with Crippen molar-refractivity contribution < 1.29 is 9.59 Å². The van der Waals surface area contributed by atoms with Crippen LogP contribution in [0.4, 0.5) is 0 Å². The summed E-state index contributed by atoms with van der Waals surface area (Å²) < 4.78 is 0. The maximum Gasteiger partial charge on any atom is 0.274 e. The van der Waals surface area contributed by atoms with Crippen LogP contribution in [0, 0.1) is 6.92 Å². The number of aryl methyl sites for hydroxylation is 1. The summed E-state index contributed by atoms with van der Waals surface area (Å²) in [4.78, 5) is 38.7. The Bertz CT molecular complexity index is 729. The second-order valence-corrected chi connectivity index (χ2v) is 6.15. The lowest BCUT2D eigenvalue weighted by Crippen LogP contribution is -2.37. The zero-order valence-corrected chi connectivity index (χ0v) is 14.2. The minimum absolute atomic E-state index is 0.0785. The molecule has 2 amide bonds. The molecule has 2 aromatic heterocycles. The molecule has 7 heteroatoms. The molecule has 1 fully saturated rings. The molecule has 1 aliphatic carbocycles. The summed E-state index contributed by atoms with van der Waals surface area (Å²) in [5.41, 5.74) is 2.09. The second kappa shape index (κ2) is 7.83. The second-order valence-electron chi connectivity index (χ2n) is 6.15. The zero-order valence-electron chi connectivity index (χ0n) is 14.2. The Balaban J connectivity index is 1.52. The Morgan fingerprint density at radius 3 is 2.60 bits per heavy atom. The van der Waals surface area contributed by atoms with Crippen LogP contribution in [0.25, 0.3) is 0 Å². The summed E-state index contributed by atoms with van der Waals surface area (Å²) in [6.45, 7) is 2.68. The van der Waals surface area contributed by atoms with Crippen molar-refractivity contribution in [1.82, 2.24) is 25.2 Å². The van der Waals surface area contributed by atoms with Crippen molar-refractivity contribution in [3.63, 3.8) is 0 Å². The van der Waals surface area contributed by atoms with Crippen LogP contribution in [0.2, 0.25) is 0 Å². The van der Waals surface area contributed by atoms with Crippen molar-refractivity contribution in [3.05, 3.63) is 53.9 Å². The van der Waals surface area contributed by atoms with E-state index in [0.717, 1.165) is 24.1 Å². The molecule has 0 radical (unpaired) electrons. The molecule has 1 N–H and O–H groups in total. The van der Waals surface area contributed by atoms with Gasteiger partial charge in [0.2, 0.25) is 5.91 Å². The highest BCUT2D eigenvalue weighted by atomic mass is 16.2. The smallest absolute Gasteiger partial charge is 0.274 e. The van der Waals surface area contributed by atoms with Crippen LogP contribution < -0.4 is 5.32 Å². The van der Waals surface area contributed by atoms with E-state index in [0.29, 0.717) is 18.8 Å². The van der Waals surface area contributed by atoms with E-state index in [1.165, 1.54) is 6.20 Å². The van der Waals surface area contributed by atoms with Crippen LogP contribution in [0.1, 0.15) is 41.0 Å². The van der Waals surface area contributed by atoms with Crippen molar-refractivity contribution in [2.45, 2.75) is 38.8 Å². The SMILES string of the molecule is Cc1cnc(C(=O)N(CCC(=O)NCc2ccncc2)C2CC2)cn1. The molecule has 0 atom stereocenters. The Hall–Kier alpha value is -2.83. The number of nitrogens with zero attached hydrogens (tertiary/aromatic N) is 4. The molecule has 0 unspecified atom stereocenters. The molecular weight excluding hydrogens is 318 g/mol. The normalized spacial score (nSPS) is 13.3. The number of carbonyl (C=O) groups is 2. The molecular formula is C18H21N5O2. The first kappa shape index (κ1) is 17.0. The van der Waals surface area contributed by atoms with Gasteiger partial charge in [0.1, 0.15) is 5.69 Å². The quantitative estimate of drug-likeness (QED) is 0.826. The summed E-state index contributed by atoms with van der Waals surface area (Å²) >= 11 is 0. The van der Waals surface area contributed by atoms with Gasteiger partial charge in [-0.2, -0.15) is 0 Å². The maximum absolute atomic E-state index is 12.6. The van der Waals surface area contributed by atoms with Gasteiger partial charge in [-0.3, -0.25) is 19.6 Å². The molecule has 130 valence electrons. The van der Waals surface area contributed by atoms with Crippen molar-refractivity contribution >= 4 is 11.8 Å². The fraction of sp³-hybridized carbons (Fsp3) is 0.389. The van der Waals surface area contributed by atoms with E-state index in [2.05, 4.69) is 20.3 Å². The first-order chi connectivity index (χ1) is 12.1. The molecule has 7 nitrogen and oxygen atoms in total. The van der Waals surface area contributed by atoms with Crippen molar-refractivity contribution in [1.29, 1.82) is 0 Å². The van der Waals surface area contributed by atoms with Gasteiger partial charge < -0.3 is 10.2 Å². The highest BCUT2D eigenvalue weighted by molar-refractivity contribution is 5.92. The lowest BCUT2D eigenvalue weighted by molar-refractivity contribution is -0.121. The van der Waals surface area contributed by atoms with Gasteiger partial charge in [-0.15, -0.1) is 0 Å². The third kappa shape index (κ3) is 4.82. The van der Waals surface area contributed by atoms with E-state index < -0.39 is 0 Å². The first-order valence-corrected chi connectivity index (χ1v) is 8.38. The average Bonchev–Trinajstić information content (AvgIpc) is 3.46. The third-order valence-corrected chi connectivity index (χ3v) is 4.07. The summed E-state index contributed by atoms with van der Waals surface area (Å²) in [6, 6.07) is 3.93. The highest BCUT2D eigenvalue weighted by Crippen LogP contribution is 2.28. The Morgan fingerprint density at radius 1 is 1.20 bits per heavy atom. The van der Waals surface area contributed by atoms with Crippen molar-refractivity contribution in [2.24, 2.45) is 0 Å². The summed E-state index contributed by atoms with van der Waals surface area (Å²) in [5, 5.41) is 2.87. The van der Waals surface area contributed by atoms with Gasteiger partial charge in [0.15, 0.2) is 0 Å². The van der Waals surface area contributed by atoms with E-state index in [-0.39, 0.29) is 24.3 Å². The highest BCUT2D eigenvalue weighted by Gasteiger charge is 2.33. The molecule has 0 spiro atoms. The fourth-order valence-electron chi connectivity index (χ4n) is 2.50. The van der Waals surface area contributed by atoms with Crippen LogP contribution in [0.5, 0.6) is 0 Å². The predicted molar refractivity (Wildman–Crippen MR) is 91.5 cm³/mol. The number of pyridine rings is 1. The Labute approximate surface area is 146 Å². The van der Waals surface area contributed by atoms with E-state index in [1.54, 1.807) is 23.5 Å². The maximum atomic E-state index is 12.6. The lowest BCUT2D eigenvalue weighted by atomic mass is 10.2. The molecule has 0 bridgehead atoms. The molecule has 0 aliphatic heterocycles. The molecule has 1 saturated carbocycles.